The van der Waals surface area contributed by atoms with Gasteiger partial charge in [0, 0.05) is 57.1 Å². The maximum Gasteiger partial charge on any atom is 0.229 e. The minimum atomic E-state index is -0.0999. The Morgan fingerprint density at radius 3 is 2.54 bits per heavy atom. The van der Waals surface area contributed by atoms with E-state index in [4.69, 9.17) is 5.73 Å². The first-order valence-electron chi connectivity index (χ1n) is 8.17. The van der Waals surface area contributed by atoms with Gasteiger partial charge < -0.3 is 15.5 Å². The minimum absolute atomic E-state index is 0.0999. The van der Waals surface area contributed by atoms with Gasteiger partial charge in [0.1, 0.15) is 0 Å². The Hall–Kier alpha value is -2.16. The summed E-state index contributed by atoms with van der Waals surface area (Å²) in [5, 5.41) is 3.01. The average Bonchev–Trinajstić information content (AvgIpc) is 3.12. The van der Waals surface area contributed by atoms with Crippen molar-refractivity contribution < 1.29 is 9.59 Å². The van der Waals surface area contributed by atoms with Crippen LogP contribution in [0.2, 0.25) is 0 Å². The third-order valence-electron chi connectivity index (χ3n) is 4.27. The van der Waals surface area contributed by atoms with Gasteiger partial charge in [-0.15, -0.1) is 11.3 Å². The Kier molecular flexibility index (Phi) is 5.29. The molecule has 0 radical (unpaired) electrons. The second kappa shape index (κ2) is 7.61. The fourth-order valence-electron chi connectivity index (χ4n) is 2.91. The Morgan fingerprint density at radius 1 is 1.21 bits per heavy atom. The van der Waals surface area contributed by atoms with Gasteiger partial charge in [-0.1, -0.05) is 0 Å². The van der Waals surface area contributed by atoms with Crippen molar-refractivity contribution in [1.82, 2.24) is 14.8 Å². The number of hydrogen-bond donors (Lipinski definition) is 1. The second-order valence-corrected chi connectivity index (χ2v) is 6.69. The number of piperazine rings is 1. The van der Waals surface area contributed by atoms with E-state index in [0.717, 1.165) is 31.3 Å². The molecule has 24 heavy (non-hydrogen) atoms. The molecule has 1 aromatic heterocycles. The molecule has 3 heterocycles. The van der Waals surface area contributed by atoms with E-state index >= 15 is 0 Å². The maximum atomic E-state index is 11.7. The van der Waals surface area contributed by atoms with Crippen molar-refractivity contribution in [3.05, 3.63) is 11.6 Å². The number of carbonyl (C=O) groups is 2. The van der Waals surface area contributed by atoms with Gasteiger partial charge in [-0.2, -0.15) is 0 Å². The van der Waals surface area contributed by atoms with E-state index in [0.29, 0.717) is 38.3 Å². The van der Waals surface area contributed by atoms with Crippen molar-refractivity contribution >= 4 is 34.2 Å². The van der Waals surface area contributed by atoms with Crippen LogP contribution in [-0.2, 0) is 9.59 Å². The van der Waals surface area contributed by atoms with Crippen molar-refractivity contribution in [2.75, 3.05) is 44.2 Å². The number of carbonyl (C=O) groups excluding carboxylic acids is 2. The molecule has 130 valence electrons. The molecule has 1 aromatic rings. The number of likely N-dealkylation sites (tertiary alicyclic amines) is 1. The molecule has 8 nitrogen and oxygen atoms in total. The van der Waals surface area contributed by atoms with E-state index in [1.165, 1.54) is 4.90 Å². The largest absolute Gasteiger partial charge is 0.370 e. The lowest BCUT2D eigenvalue weighted by atomic mass is 10.1. The molecule has 0 atom stereocenters. The fraction of sp³-hybridized carbons (Fsp3) is 0.600. The van der Waals surface area contributed by atoms with Gasteiger partial charge in [0.15, 0.2) is 11.1 Å². The van der Waals surface area contributed by atoms with Crippen LogP contribution in [0.4, 0.5) is 5.13 Å². The van der Waals surface area contributed by atoms with Gasteiger partial charge in [-0.05, 0) is 6.42 Å². The Balaban J connectivity index is 1.46. The Bertz CT molecular complexity index is 593. The lowest BCUT2D eigenvalue weighted by Crippen LogP contribution is -2.51. The number of guanidine groups is 1. The number of imide groups is 1. The van der Waals surface area contributed by atoms with E-state index < -0.39 is 0 Å². The number of aliphatic imine (C=N–C) groups is 1. The van der Waals surface area contributed by atoms with Gasteiger partial charge in [-0.3, -0.25) is 19.5 Å². The van der Waals surface area contributed by atoms with Crippen molar-refractivity contribution in [3.63, 3.8) is 0 Å². The van der Waals surface area contributed by atoms with Gasteiger partial charge in [0.25, 0.3) is 0 Å². The van der Waals surface area contributed by atoms with E-state index in [9.17, 15) is 9.59 Å². The molecular weight excluding hydrogens is 328 g/mol. The zero-order valence-corrected chi connectivity index (χ0v) is 14.4. The molecule has 0 aliphatic carbocycles. The summed E-state index contributed by atoms with van der Waals surface area (Å²) in [6.45, 7) is 3.96. The van der Waals surface area contributed by atoms with Crippen LogP contribution in [0.5, 0.6) is 0 Å². The van der Waals surface area contributed by atoms with Crippen LogP contribution in [0.25, 0.3) is 0 Å². The van der Waals surface area contributed by atoms with Crippen LogP contribution < -0.4 is 10.6 Å². The summed E-state index contributed by atoms with van der Waals surface area (Å²) in [5.41, 5.74) is 6.05. The van der Waals surface area contributed by atoms with Crippen molar-refractivity contribution in [3.8, 4) is 0 Å². The predicted molar refractivity (Wildman–Crippen MR) is 93.0 cm³/mol. The zero-order chi connectivity index (χ0) is 16.9. The summed E-state index contributed by atoms with van der Waals surface area (Å²) in [4.78, 5) is 37.7. The minimum Gasteiger partial charge on any atom is -0.370 e. The average molecular weight is 350 g/mol. The number of nitrogens with two attached hydrogens (primary N) is 1. The van der Waals surface area contributed by atoms with Crippen LogP contribution in [0, 0.1) is 0 Å². The van der Waals surface area contributed by atoms with Crippen molar-refractivity contribution in [2.45, 2.75) is 19.3 Å². The summed E-state index contributed by atoms with van der Waals surface area (Å²) >= 11 is 1.63. The molecule has 0 unspecified atom stereocenters. The highest BCUT2D eigenvalue weighted by Gasteiger charge is 2.25. The number of rotatable bonds is 4. The van der Waals surface area contributed by atoms with Gasteiger partial charge in [0.2, 0.25) is 11.8 Å². The molecule has 2 saturated heterocycles. The number of amides is 2. The van der Waals surface area contributed by atoms with Crippen LogP contribution in [0.1, 0.15) is 19.3 Å². The lowest BCUT2D eigenvalue weighted by Gasteiger charge is -2.35. The predicted octanol–water partition coefficient (Wildman–Crippen LogP) is 0.119. The summed E-state index contributed by atoms with van der Waals surface area (Å²) in [5.74, 6) is 0.278. The van der Waals surface area contributed by atoms with Crippen LogP contribution >= 0.6 is 11.3 Å². The highest BCUT2D eigenvalue weighted by molar-refractivity contribution is 7.13. The first-order valence-corrected chi connectivity index (χ1v) is 9.05. The third-order valence-corrected chi connectivity index (χ3v) is 5.11. The van der Waals surface area contributed by atoms with Crippen LogP contribution in [0.15, 0.2) is 16.6 Å². The molecule has 3 rings (SSSR count). The van der Waals surface area contributed by atoms with E-state index in [1.807, 2.05) is 16.5 Å². The van der Waals surface area contributed by atoms with E-state index in [1.54, 1.807) is 11.3 Å². The molecule has 2 fully saturated rings. The number of hydrogen-bond acceptors (Lipinski definition) is 6. The number of nitrogens with zero attached hydrogens (tertiary/aromatic N) is 5. The molecule has 0 aromatic carbocycles. The standard InChI is InChI=1S/C15H22N6O2S/c16-14(17-4-6-21-12(22)2-1-3-13(21)23)19-7-9-20(10-8-19)15-18-5-11-24-15/h5,11H,1-4,6-10H2,(H2,16,17). The summed E-state index contributed by atoms with van der Waals surface area (Å²) in [7, 11) is 0. The zero-order valence-electron chi connectivity index (χ0n) is 13.6. The number of thiazole rings is 1. The normalized spacial score (nSPS) is 20.0. The molecule has 2 amide bonds. The third kappa shape index (κ3) is 3.84. The van der Waals surface area contributed by atoms with Crippen LogP contribution in [0.3, 0.4) is 0 Å². The Labute approximate surface area is 144 Å². The molecule has 2 aliphatic rings. The smallest absolute Gasteiger partial charge is 0.229 e. The molecule has 0 bridgehead atoms. The van der Waals surface area contributed by atoms with E-state index in [2.05, 4.69) is 14.9 Å². The highest BCUT2D eigenvalue weighted by atomic mass is 32.1. The summed E-state index contributed by atoms with van der Waals surface area (Å²) in [6, 6.07) is 0. The van der Waals surface area contributed by atoms with Gasteiger partial charge >= 0.3 is 0 Å². The summed E-state index contributed by atoms with van der Waals surface area (Å²) < 4.78 is 0. The fourth-order valence-corrected chi connectivity index (χ4v) is 3.61. The molecule has 0 saturated carbocycles. The highest BCUT2D eigenvalue weighted by Crippen LogP contribution is 2.18. The quantitative estimate of drug-likeness (QED) is 0.471. The molecule has 0 spiro atoms. The molecule has 9 heteroatoms. The number of piperidine rings is 1. The van der Waals surface area contributed by atoms with E-state index in [-0.39, 0.29) is 11.8 Å². The number of aromatic nitrogens is 1. The topological polar surface area (TPSA) is 95.1 Å². The van der Waals surface area contributed by atoms with Gasteiger partial charge in [0.05, 0.1) is 6.54 Å². The second-order valence-electron chi connectivity index (χ2n) is 5.82. The van der Waals surface area contributed by atoms with Crippen molar-refractivity contribution in [2.24, 2.45) is 10.7 Å². The first kappa shape index (κ1) is 16.7. The van der Waals surface area contributed by atoms with Crippen LogP contribution in [-0.4, -0.2) is 71.8 Å². The monoisotopic (exact) mass is 350 g/mol. The molecule has 2 N–H and O–H groups in total. The summed E-state index contributed by atoms with van der Waals surface area (Å²) in [6.07, 6.45) is 3.36. The van der Waals surface area contributed by atoms with Crippen molar-refractivity contribution in [1.29, 1.82) is 0 Å². The van der Waals surface area contributed by atoms with Gasteiger partial charge in [-0.25, -0.2) is 4.98 Å². The Morgan fingerprint density at radius 2 is 1.92 bits per heavy atom. The SMILES string of the molecule is NC(=NCCN1C(=O)CCCC1=O)N1CCN(c2nccs2)CC1. The molecule has 2 aliphatic heterocycles. The first-order chi connectivity index (χ1) is 11.6. The molecular formula is C15H22N6O2S. The lowest BCUT2D eigenvalue weighted by molar-refractivity contribution is -0.147. The maximum absolute atomic E-state index is 11.7. The number of anilines is 1.